The van der Waals surface area contributed by atoms with E-state index in [1.807, 2.05) is 6.07 Å². The van der Waals surface area contributed by atoms with E-state index in [0.717, 1.165) is 56.9 Å². The molecule has 5 heteroatoms. The third kappa shape index (κ3) is 4.71. The van der Waals surface area contributed by atoms with Crippen LogP contribution in [0.3, 0.4) is 0 Å². The number of carbonyl (C=O) groups is 2. The summed E-state index contributed by atoms with van der Waals surface area (Å²) in [5.74, 6) is 2.80. The zero-order valence-corrected chi connectivity index (χ0v) is 20.6. The topological polar surface area (TPSA) is 75.6 Å². The summed E-state index contributed by atoms with van der Waals surface area (Å²) in [4.78, 5) is 25.3. The maximum Gasteiger partial charge on any atom is 0.220 e. The summed E-state index contributed by atoms with van der Waals surface area (Å²) in [6.45, 7) is 5.46. The van der Waals surface area contributed by atoms with E-state index in [1.165, 1.54) is 11.1 Å². The SMILES string of the molecule is CCCc1cc2c(cc1O)CC[C@H]1[C@@H]3[C@H](CCCC(=O)NCCOC)CC(=O)[C@@]3(C)CC[C@H]21. The first kappa shape index (κ1) is 24.3. The van der Waals surface area contributed by atoms with Gasteiger partial charge in [0, 0.05) is 31.9 Å². The third-order valence-electron chi connectivity index (χ3n) is 8.89. The number of ketones is 1. The number of Topliss-reactive ketones (excluding diaryl/α,β-unsaturated/α-hetero) is 1. The molecule has 5 nitrogen and oxygen atoms in total. The average molecular weight is 456 g/mol. The number of phenolic OH excluding ortho intramolecular Hbond substituents is 1. The van der Waals surface area contributed by atoms with E-state index in [4.69, 9.17) is 4.74 Å². The molecule has 2 saturated carbocycles. The van der Waals surface area contributed by atoms with Gasteiger partial charge in [0.25, 0.3) is 0 Å². The summed E-state index contributed by atoms with van der Waals surface area (Å²) in [6, 6.07) is 4.30. The predicted octanol–water partition coefficient (Wildman–Crippen LogP) is 4.93. The molecule has 0 heterocycles. The summed E-state index contributed by atoms with van der Waals surface area (Å²) < 4.78 is 5.00. The van der Waals surface area contributed by atoms with Gasteiger partial charge in [0.15, 0.2) is 0 Å². The molecule has 1 aromatic carbocycles. The van der Waals surface area contributed by atoms with Crippen LogP contribution in [0.1, 0.15) is 87.8 Å². The van der Waals surface area contributed by atoms with Gasteiger partial charge in [-0.3, -0.25) is 9.59 Å². The lowest BCUT2D eigenvalue weighted by atomic mass is 9.54. The molecule has 33 heavy (non-hydrogen) atoms. The zero-order valence-electron chi connectivity index (χ0n) is 20.6. The van der Waals surface area contributed by atoms with E-state index in [0.29, 0.717) is 61.2 Å². The summed E-state index contributed by atoms with van der Waals surface area (Å²) in [6.07, 6.45) is 9.06. The number of carbonyl (C=O) groups excluding carboxylic acids is 2. The monoisotopic (exact) mass is 455 g/mol. The first-order chi connectivity index (χ1) is 15.9. The van der Waals surface area contributed by atoms with Gasteiger partial charge in [-0.05, 0) is 91.4 Å². The number of amides is 1. The molecule has 0 spiro atoms. The normalized spacial score (nSPS) is 30.5. The minimum atomic E-state index is -0.201. The molecule has 3 aliphatic rings. The van der Waals surface area contributed by atoms with E-state index in [9.17, 15) is 14.7 Å². The Hall–Kier alpha value is -1.88. The molecule has 182 valence electrons. The van der Waals surface area contributed by atoms with Gasteiger partial charge in [0.2, 0.25) is 5.91 Å². The number of ether oxygens (including phenoxy) is 1. The van der Waals surface area contributed by atoms with Gasteiger partial charge in [0.1, 0.15) is 11.5 Å². The Morgan fingerprint density at radius 2 is 2.12 bits per heavy atom. The second-order valence-electron chi connectivity index (χ2n) is 10.8. The van der Waals surface area contributed by atoms with Crippen LogP contribution in [0.15, 0.2) is 12.1 Å². The van der Waals surface area contributed by atoms with E-state index in [-0.39, 0.29) is 11.3 Å². The van der Waals surface area contributed by atoms with Gasteiger partial charge in [0.05, 0.1) is 6.61 Å². The van der Waals surface area contributed by atoms with Crippen molar-refractivity contribution in [1.82, 2.24) is 5.32 Å². The fraction of sp³-hybridized carbons (Fsp3) is 0.714. The van der Waals surface area contributed by atoms with Crippen LogP contribution in [-0.2, 0) is 27.2 Å². The highest BCUT2D eigenvalue weighted by atomic mass is 16.5. The molecule has 2 fully saturated rings. The van der Waals surface area contributed by atoms with Crippen molar-refractivity contribution in [2.75, 3.05) is 20.3 Å². The number of hydrogen-bond acceptors (Lipinski definition) is 4. The van der Waals surface area contributed by atoms with Gasteiger partial charge in [-0.25, -0.2) is 0 Å². The molecule has 0 bridgehead atoms. The maximum absolute atomic E-state index is 13.2. The maximum atomic E-state index is 13.2. The minimum absolute atomic E-state index is 0.0792. The molecule has 0 aromatic heterocycles. The summed E-state index contributed by atoms with van der Waals surface area (Å²) in [7, 11) is 1.63. The van der Waals surface area contributed by atoms with Crippen LogP contribution in [0.2, 0.25) is 0 Å². The fourth-order valence-corrected chi connectivity index (χ4v) is 7.36. The molecular weight excluding hydrogens is 414 g/mol. The van der Waals surface area contributed by atoms with Gasteiger partial charge in [-0.2, -0.15) is 0 Å². The van der Waals surface area contributed by atoms with Crippen molar-refractivity contribution >= 4 is 11.7 Å². The van der Waals surface area contributed by atoms with E-state index in [2.05, 4.69) is 25.2 Å². The van der Waals surface area contributed by atoms with Gasteiger partial charge in [-0.1, -0.05) is 26.3 Å². The van der Waals surface area contributed by atoms with Crippen molar-refractivity contribution in [2.24, 2.45) is 23.2 Å². The number of nitrogens with one attached hydrogen (secondary N) is 1. The molecule has 0 aliphatic heterocycles. The first-order valence-corrected chi connectivity index (χ1v) is 13.0. The molecule has 0 unspecified atom stereocenters. The van der Waals surface area contributed by atoms with Crippen molar-refractivity contribution < 1.29 is 19.4 Å². The number of fused-ring (bicyclic) bond motifs is 5. The third-order valence-corrected chi connectivity index (χ3v) is 8.89. The lowest BCUT2D eigenvalue weighted by Crippen LogP contribution is -2.44. The minimum Gasteiger partial charge on any atom is -0.508 e. The Labute approximate surface area is 198 Å². The van der Waals surface area contributed by atoms with Gasteiger partial charge in [-0.15, -0.1) is 0 Å². The molecule has 0 radical (unpaired) electrons. The van der Waals surface area contributed by atoms with Crippen LogP contribution in [0.4, 0.5) is 0 Å². The molecule has 1 amide bonds. The van der Waals surface area contributed by atoms with E-state index >= 15 is 0 Å². The van der Waals surface area contributed by atoms with Crippen molar-refractivity contribution in [2.45, 2.75) is 84.0 Å². The van der Waals surface area contributed by atoms with Crippen molar-refractivity contribution in [1.29, 1.82) is 0 Å². The average Bonchev–Trinajstić information content (AvgIpc) is 3.04. The largest absolute Gasteiger partial charge is 0.508 e. The molecule has 4 rings (SSSR count). The smallest absolute Gasteiger partial charge is 0.220 e. The van der Waals surface area contributed by atoms with Crippen LogP contribution in [0, 0.1) is 23.2 Å². The van der Waals surface area contributed by atoms with Gasteiger partial charge < -0.3 is 15.2 Å². The van der Waals surface area contributed by atoms with Crippen LogP contribution < -0.4 is 5.32 Å². The highest BCUT2D eigenvalue weighted by Gasteiger charge is 2.58. The molecule has 2 N–H and O–H groups in total. The quantitative estimate of drug-likeness (QED) is 0.518. The molecular formula is C28H41NO4. The van der Waals surface area contributed by atoms with E-state index in [1.54, 1.807) is 7.11 Å². The predicted molar refractivity (Wildman–Crippen MR) is 129 cm³/mol. The number of hydrogen-bond donors (Lipinski definition) is 2. The summed E-state index contributed by atoms with van der Waals surface area (Å²) in [5.41, 5.74) is 3.62. The first-order valence-electron chi connectivity index (χ1n) is 13.0. The standard InChI is InChI=1S/C28H41NO4/c1-4-6-19-15-23-18(16-24(19)30)9-10-22-21(23)11-12-28(2)25(31)17-20(27(22)28)7-5-8-26(32)29-13-14-33-3/h15-16,20-22,27,30H,4-14,17H2,1-3H3,(H,29,32)/t20-,21+,22-,27+,28-/m1/s1. The highest BCUT2D eigenvalue weighted by molar-refractivity contribution is 5.87. The van der Waals surface area contributed by atoms with Crippen LogP contribution in [-0.4, -0.2) is 37.1 Å². The van der Waals surface area contributed by atoms with Crippen molar-refractivity contribution in [3.8, 4) is 5.75 Å². The van der Waals surface area contributed by atoms with Crippen LogP contribution in [0.25, 0.3) is 0 Å². The second-order valence-corrected chi connectivity index (χ2v) is 10.8. The Bertz CT molecular complexity index is 881. The van der Waals surface area contributed by atoms with Crippen molar-refractivity contribution in [3.05, 3.63) is 28.8 Å². The number of aryl methyl sites for hydroxylation is 2. The lowest BCUT2D eigenvalue weighted by Gasteiger charge is -2.50. The summed E-state index contributed by atoms with van der Waals surface area (Å²) >= 11 is 0. The number of phenols is 1. The van der Waals surface area contributed by atoms with Gasteiger partial charge >= 0.3 is 0 Å². The molecule has 1 aromatic rings. The number of rotatable bonds is 9. The number of aromatic hydroxyl groups is 1. The second kappa shape index (κ2) is 10.2. The lowest BCUT2D eigenvalue weighted by molar-refractivity contribution is -0.129. The highest BCUT2D eigenvalue weighted by Crippen LogP contribution is 2.62. The summed E-state index contributed by atoms with van der Waals surface area (Å²) in [5, 5.41) is 13.4. The Morgan fingerprint density at radius 3 is 2.88 bits per heavy atom. The Morgan fingerprint density at radius 1 is 1.30 bits per heavy atom. The molecule has 5 atom stereocenters. The zero-order chi connectivity index (χ0) is 23.6. The number of methoxy groups -OCH3 is 1. The van der Waals surface area contributed by atoms with Crippen LogP contribution >= 0.6 is 0 Å². The Kier molecular flexibility index (Phi) is 7.47. The fourth-order valence-electron chi connectivity index (χ4n) is 7.36. The van der Waals surface area contributed by atoms with Crippen LogP contribution in [0.5, 0.6) is 5.75 Å². The Balaban J connectivity index is 1.49. The van der Waals surface area contributed by atoms with E-state index < -0.39 is 0 Å². The molecule has 0 saturated heterocycles. The molecule has 3 aliphatic carbocycles. The van der Waals surface area contributed by atoms with Crippen molar-refractivity contribution in [3.63, 3.8) is 0 Å². The number of benzene rings is 1.